The Morgan fingerprint density at radius 1 is 1.50 bits per heavy atom. The van der Waals surface area contributed by atoms with Gasteiger partial charge in [-0.2, -0.15) is 0 Å². The van der Waals surface area contributed by atoms with Gasteiger partial charge < -0.3 is 10.1 Å². The predicted molar refractivity (Wildman–Crippen MR) is 60.4 cm³/mol. The van der Waals surface area contributed by atoms with Crippen LogP contribution in [0, 0.1) is 5.92 Å². The average molecular weight is 197 g/mol. The maximum atomic E-state index is 5.16. The third-order valence-electron chi connectivity index (χ3n) is 2.93. The van der Waals surface area contributed by atoms with Gasteiger partial charge in [0.25, 0.3) is 0 Å². The zero-order valence-corrected chi connectivity index (χ0v) is 9.46. The molecule has 1 N–H and O–H groups in total. The first-order chi connectivity index (χ1) is 6.86. The van der Waals surface area contributed by atoms with Gasteiger partial charge in [-0.15, -0.1) is 0 Å². The minimum atomic E-state index is 0.533. The molecular weight excluding hydrogens is 174 g/mol. The Kier molecular flexibility index (Phi) is 5.88. The van der Waals surface area contributed by atoms with E-state index < -0.39 is 0 Å². The minimum Gasteiger partial charge on any atom is -0.383 e. The Morgan fingerprint density at radius 2 is 2.36 bits per heavy atom. The molecule has 2 nitrogen and oxygen atoms in total. The first-order valence-corrected chi connectivity index (χ1v) is 5.74. The molecule has 0 radical (unpaired) electrons. The Morgan fingerprint density at radius 3 is 2.93 bits per heavy atom. The Hall–Kier alpha value is -0.340. The smallest absolute Gasteiger partial charge is 0.0615 e. The van der Waals surface area contributed by atoms with Crippen LogP contribution in [-0.2, 0) is 4.74 Å². The Bertz CT molecular complexity index is 168. The van der Waals surface area contributed by atoms with Gasteiger partial charge in [0, 0.05) is 13.2 Å². The maximum Gasteiger partial charge on any atom is 0.0615 e. The molecule has 0 aromatic carbocycles. The van der Waals surface area contributed by atoms with Crippen molar-refractivity contribution in [2.24, 2.45) is 5.92 Å². The van der Waals surface area contributed by atoms with Gasteiger partial charge in [0.2, 0.25) is 0 Å². The van der Waals surface area contributed by atoms with Gasteiger partial charge in [0.05, 0.1) is 6.61 Å². The van der Waals surface area contributed by atoms with Crippen LogP contribution in [0.2, 0.25) is 0 Å². The molecule has 0 aromatic heterocycles. The van der Waals surface area contributed by atoms with E-state index in [-0.39, 0.29) is 0 Å². The molecular formula is C12H23NO. The molecule has 0 aliphatic heterocycles. The van der Waals surface area contributed by atoms with Gasteiger partial charge in [-0.25, -0.2) is 0 Å². The number of hydrogen-bond acceptors (Lipinski definition) is 2. The van der Waals surface area contributed by atoms with Crippen molar-refractivity contribution in [3.8, 4) is 0 Å². The lowest BCUT2D eigenvalue weighted by Gasteiger charge is -2.22. The van der Waals surface area contributed by atoms with Crippen LogP contribution in [0.25, 0.3) is 0 Å². The molecule has 82 valence electrons. The normalized spacial score (nSPS) is 23.7. The van der Waals surface area contributed by atoms with Crippen molar-refractivity contribution in [3.05, 3.63) is 12.2 Å². The molecule has 0 amide bonds. The minimum absolute atomic E-state index is 0.533. The number of methoxy groups -OCH3 is 1. The summed E-state index contributed by atoms with van der Waals surface area (Å²) in [7, 11) is 1.77. The van der Waals surface area contributed by atoms with Gasteiger partial charge in [-0.1, -0.05) is 19.1 Å². The highest BCUT2D eigenvalue weighted by molar-refractivity contribution is 4.90. The number of ether oxygens (including phenoxy) is 1. The highest BCUT2D eigenvalue weighted by Gasteiger charge is 2.11. The summed E-state index contributed by atoms with van der Waals surface area (Å²) < 4.78 is 5.16. The quantitative estimate of drug-likeness (QED) is 0.660. The summed E-state index contributed by atoms with van der Waals surface area (Å²) in [4.78, 5) is 0. The summed E-state index contributed by atoms with van der Waals surface area (Å²) in [6.45, 7) is 4.18. The lowest BCUT2D eigenvalue weighted by Crippen LogP contribution is -2.36. The monoisotopic (exact) mass is 197 g/mol. The summed E-state index contributed by atoms with van der Waals surface area (Å²) in [6.07, 6.45) is 9.60. The fourth-order valence-corrected chi connectivity index (χ4v) is 1.90. The molecule has 14 heavy (non-hydrogen) atoms. The second-order valence-electron chi connectivity index (χ2n) is 4.12. The van der Waals surface area contributed by atoms with E-state index in [0.717, 1.165) is 25.5 Å². The highest BCUT2D eigenvalue weighted by Crippen LogP contribution is 2.17. The van der Waals surface area contributed by atoms with E-state index in [1.54, 1.807) is 7.11 Å². The van der Waals surface area contributed by atoms with Crippen molar-refractivity contribution in [3.63, 3.8) is 0 Å². The van der Waals surface area contributed by atoms with Crippen LogP contribution in [-0.4, -0.2) is 26.3 Å². The first-order valence-electron chi connectivity index (χ1n) is 5.74. The lowest BCUT2D eigenvalue weighted by molar-refractivity contribution is 0.161. The van der Waals surface area contributed by atoms with E-state index in [4.69, 9.17) is 4.74 Å². The lowest BCUT2D eigenvalue weighted by atomic mass is 9.94. The Balaban J connectivity index is 2.14. The van der Waals surface area contributed by atoms with E-state index in [1.165, 1.54) is 19.3 Å². The summed E-state index contributed by atoms with van der Waals surface area (Å²) in [5.41, 5.74) is 0. The molecule has 2 unspecified atom stereocenters. The second-order valence-corrected chi connectivity index (χ2v) is 4.12. The van der Waals surface area contributed by atoms with Crippen LogP contribution in [0.4, 0.5) is 0 Å². The standard InChI is InChI=1S/C12H23NO/c1-3-12(10-14-2)13-9-11-7-5-4-6-8-11/h4-5,11-13H,3,6-10H2,1-2H3. The van der Waals surface area contributed by atoms with Crippen LogP contribution < -0.4 is 5.32 Å². The summed E-state index contributed by atoms with van der Waals surface area (Å²) in [6, 6.07) is 0.533. The Labute approximate surface area is 87.7 Å². The van der Waals surface area contributed by atoms with Crippen LogP contribution >= 0.6 is 0 Å². The van der Waals surface area contributed by atoms with Crippen molar-refractivity contribution < 1.29 is 4.74 Å². The van der Waals surface area contributed by atoms with Gasteiger partial charge in [0.1, 0.15) is 0 Å². The van der Waals surface area contributed by atoms with Crippen molar-refractivity contribution in [2.75, 3.05) is 20.3 Å². The summed E-state index contributed by atoms with van der Waals surface area (Å²) >= 11 is 0. The molecule has 0 spiro atoms. The fourth-order valence-electron chi connectivity index (χ4n) is 1.90. The van der Waals surface area contributed by atoms with Gasteiger partial charge >= 0.3 is 0 Å². The third-order valence-corrected chi connectivity index (χ3v) is 2.93. The number of hydrogen-bond donors (Lipinski definition) is 1. The van der Waals surface area contributed by atoms with Crippen LogP contribution in [0.1, 0.15) is 32.6 Å². The van der Waals surface area contributed by atoms with E-state index in [2.05, 4.69) is 24.4 Å². The second kappa shape index (κ2) is 7.02. The van der Waals surface area contributed by atoms with E-state index in [0.29, 0.717) is 6.04 Å². The van der Waals surface area contributed by atoms with Crippen molar-refractivity contribution in [1.29, 1.82) is 0 Å². The number of rotatable bonds is 6. The molecule has 1 rings (SSSR count). The number of allylic oxidation sites excluding steroid dienone is 2. The largest absolute Gasteiger partial charge is 0.383 e. The van der Waals surface area contributed by atoms with Crippen molar-refractivity contribution in [1.82, 2.24) is 5.32 Å². The SMILES string of the molecule is CCC(COC)NCC1CC=CCC1. The topological polar surface area (TPSA) is 21.3 Å². The molecule has 0 fully saturated rings. The average Bonchev–Trinajstić information content (AvgIpc) is 2.25. The first kappa shape index (κ1) is 11.7. The van der Waals surface area contributed by atoms with Gasteiger partial charge in [0.15, 0.2) is 0 Å². The molecule has 2 heteroatoms. The van der Waals surface area contributed by atoms with E-state index >= 15 is 0 Å². The fraction of sp³-hybridized carbons (Fsp3) is 0.833. The van der Waals surface area contributed by atoms with Crippen molar-refractivity contribution >= 4 is 0 Å². The van der Waals surface area contributed by atoms with Gasteiger partial charge in [-0.05, 0) is 38.1 Å². The van der Waals surface area contributed by atoms with E-state index in [1.807, 2.05) is 0 Å². The maximum absolute atomic E-state index is 5.16. The van der Waals surface area contributed by atoms with Crippen LogP contribution in [0.15, 0.2) is 12.2 Å². The summed E-state index contributed by atoms with van der Waals surface area (Å²) in [5, 5.41) is 3.58. The van der Waals surface area contributed by atoms with Crippen LogP contribution in [0.5, 0.6) is 0 Å². The third kappa shape index (κ3) is 4.25. The molecule has 0 heterocycles. The van der Waals surface area contributed by atoms with Gasteiger partial charge in [-0.3, -0.25) is 0 Å². The molecule has 1 aliphatic rings. The highest BCUT2D eigenvalue weighted by atomic mass is 16.5. The number of nitrogens with one attached hydrogen (secondary N) is 1. The molecule has 0 saturated carbocycles. The molecule has 0 saturated heterocycles. The zero-order valence-electron chi connectivity index (χ0n) is 9.46. The molecule has 0 aromatic rings. The van der Waals surface area contributed by atoms with E-state index in [9.17, 15) is 0 Å². The van der Waals surface area contributed by atoms with Crippen molar-refractivity contribution in [2.45, 2.75) is 38.6 Å². The molecule has 1 aliphatic carbocycles. The van der Waals surface area contributed by atoms with Crippen LogP contribution in [0.3, 0.4) is 0 Å². The molecule has 0 bridgehead atoms. The summed E-state index contributed by atoms with van der Waals surface area (Å²) in [5.74, 6) is 0.839. The molecule has 2 atom stereocenters. The predicted octanol–water partition coefficient (Wildman–Crippen LogP) is 2.36. The zero-order chi connectivity index (χ0) is 10.2.